The molecule has 0 saturated carbocycles. The molecule has 1 aliphatic heterocycles. The second-order valence-electron chi connectivity index (χ2n) is 1.42. The van der Waals surface area contributed by atoms with Crippen molar-refractivity contribution in [2.24, 2.45) is 4.99 Å². The number of aliphatic imine (C=N–C) groups is 1. The molecule has 0 saturated heterocycles. The van der Waals surface area contributed by atoms with Gasteiger partial charge in [0.1, 0.15) is 0 Å². The topological polar surface area (TPSA) is 32.6 Å². The molecule has 1 N–H and O–H groups in total. The Balaban J connectivity index is 2.87. The maximum atomic E-state index is 11.9. The number of hydrogen-bond acceptors (Lipinski definition) is 2. The number of halogens is 2. The van der Waals surface area contributed by atoms with E-state index in [2.05, 4.69) is 4.99 Å². The summed E-state index contributed by atoms with van der Waals surface area (Å²) in [6.45, 7) is 0. The zero-order chi connectivity index (χ0) is 6.20. The molecule has 0 aliphatic carbocycles. The molecule has 0 radical (unpaired) electrons. The predicted molar refractivity (Wildman–Crippen MR) is 24.2 cm³/mol. The normalized spacial score (nSPS) is 23.5. The maximum absolute atomic E-state index is 11.9. The van der Waals surface area contributed by atoms with Gasteiger partial charge in [-0.2, -0.15) is 8.78 Å². The van der Waals surface area contributed by atoms with Crippen LogP contribution >= 0.6 is 0 Å². The minimum absolute atomic E-state index is 0.391. The van der Waals surface area contributed by atoms with Crippen LogP contribution in [0.2, 0.25) is 0 Å². The van der Waals surface area contributed by atoms with Crippen molar-refractivity contribution in [1.29, 1.82) is 0 Å². The van der Waals surface area contributed by atoms with Crippen LogP contribution in [0.3, 0.4) is 0 Å². The van der Waals surface area contributed by atoms with Crippen molar-refractivity contribution in [3.05, 3.63) is 12.0 Å². The first-order valence-corrected chi connectivity index (χ1v) is 1.95. The van der Waals surface area contributed by atoms with Crippen molar-refractivity contribution in [2.75, 3.05) is 0 Å². The molecule has 0 aromatic carbocycles. The molecule has 4 heteroatoms. The Bertz CT molecular complexity index is 161. The molecule has 1 heterocycles. The van der Waals surface area contributed by atoms with Crippen LogP contribution in [-0.4, -0.2) is 17.2 Å². The minimum atomic E-state index is -3.22. The number of allylic oxidation sites excluding steroid dienone is 1. The average Bonchev–Trinajstić information content (AvgIpc) is 1.86. The molecule has 8 heavy (non-hydrogen) atoms. The third-order valence-electron chi connectivity index (χ3n) is 0.775. The summed E-state index contributed by atoms with van der Waals surface area (Å²) in [5.74, 6) is -4.21. The lowest BCUT2D eigenvalue weighted by molar-refractivity contribution is 0.0774. The van der Waals surface area contributed by atoms with Gasteiger partial charge < -0.3 is 5.11 Å². The Morgan fingerprint density at radius 2 is 2.25 bits per heavy atom. The predicted octanol–water partition coefficient (Wildman–Crippen LogP) is 1.11. The highest BCUT2D eigenvalue weighted by Gasteiger charge is 2.34. The van der Waals surface area contributed by atoms with Crippen molar-refractivity contribution < 1.29 is 13.9 Å². The summed E-state index contributed by atoms with van der Waals surface area (Å²) in [5.41, 5.74) is 0. The molecule has 44 valence electrons. The third kappa shape index (κ3) is 0.576. The Morgan fingerprint density at radius 3 is 2.38 bits per heavy atom. The molecule has 0 aromatic rings. The second-order valence-corrected chi connectivity index (χ2v) is 1.42. The van der Waals surface area contributed by atoms with E-state index in [1.165, 1.54) is 0 Å². The summed E-state index contributed by atoms with van der Waals surface area (Å²) in [6, 6.07) is 0. The number of rotatable bonds is 0. The van der Waals surface area contributed by atoms with Crippen molar-refractivity contribution in [3.8, 4) is 0 Å². The Morgan fingerprint density at radius 1 is 1.62 bits per heavy atom. The summed E-state index contributed by atoms with van der Waals surface area (Å²) in [7, 11) is 0. The van der Waals surface area contributed by atoms with Crippen LogP contribution in [-0.2, 0) is 0 Å². The van der Waals surface area contributed by atoms with Gasteiger partial charge in [0.15, 0.2) is 5.76 Å². The van der Waals surface area contributed by atoms with Gasteiger partial charge >= 0.3 is 5.92 Å². The van der Waals surface area contributed by atoms with Gasteiger partial charge in [0.05, 0.1) is 12.4 Å². The van der Waals surface area contributed by atoms with E-state index in [0.717, 1.165) is 6.20 Å². The first kappa shape index (κ1) is 5.21. The average molecular weight is 119 g/mol. The van der Waals surface area contributed by atoms with Gasteiger partial charge in [-0.05, 0) is 0 Å². The largest absolute Gasteiger partial charge is 0.505 e. The lowest BCUT2D eigenvalue weighted by Gasteiger charge is -2.01. The van der Waals surface area contributed by atoms with Gasteiger partial charge in [-0.3, -0.25) is 4.99 Å². The quantitative estimate of drug-likeness (QED) is 0.508. The molecule has 0 fully saturated rings. The van der Waals surface area contributed by atoms with Crippen LogP contribution in [0, 0.1) is 0 Å². The van der Waals surface area contributed by atoms with Gasteiger partial charge in [-0.25, -0.2) is 0 Å². The van der Waals surface area contributed by atoms with Crippen molar-refractivity contribution in [1.82, 2.24) is 0 Å². The van der Waals surface area contributed by atoms with Crippen LogP contribution in [0.1, 0.15) is 0 Å². The van der Waals surface area contributed by atoms with Crippen LogP contribution in [0.15, 0.2) is 17.0 Å². The van der Waals surface area contributed by atoms with Crippen molar-refractivity contribution in [2.45, 2.75) is 5.92 Å². The molecule has 0 spiro atoms. The summed E-state index contributed by atoms with van der Waals surface area (Å²) in [5, 5.41) is 8.24. The Hall–Kier alpha value is -0.930. The SMILES string of the molecule is OC1=CN=CC1(F)F. The molecular weight excluding hydrogens is 116 g/mol. The highest BCUT2D eigenvalue weighted by molar-refractivity contribution is 5.73. The fourth-order valence-electron chi connectivity index (χ4n) is 0.354. The Labute approximate surface area is 44.2 Å². The van der Waals surface area contributed by atoms with Crippen molar-refractivity contribution >= 4 is 6.21 Å². The summed E-state index contributed by atoms with van der Waals surface area (Å²) in [6.07, 6.45) is 1.11. The molecular formula is C4H3F2NO. The van der Waals surface area contributed by atoms with E-state index in [1.807, 2.05) is 0 Å². The molecule has 1 aliphatic rings. The smallest absolute Gasteiger partial charge is 0.340 e. The number of nitrogens with zero attached hydrogens (tertiary/aromatic N) is 1. The van der Waals surface area contributed by atoms with Gasteiger partial charge in [-0.1, -0.05) is 0 Å². The maximum Gasteiger partial charge on any atom is 0.340 e. The minimum Gasteiger partial charge on any atom is -0.505 e. The first-order valence-electron chi connectivity index (χ1n) is 1.95. The summed E-state index contributed by atoms with van der Waals surface area (Å²) in [4.78, 5) is 3.03. The summed E-state index contributed by atoms with van der Waals surface area (Å²) < 4.78 is 23.7. The lowest BCUT2D eigenvalue weighted by atomic mass is 10.3. The van der Waals surface area contributed by atoms with E-state index in [4.69, 9.17) is 5.11 Å². The van der Waals surface area contributed by atoms with E-state index >= 15 is 0 Å². The van der Waals surface area contributed by atoms with E-state index in [1.54, 1.807) is 0 Å². The fraction of sp³-hybridized carbons (Fsp3) is 0.250. The van der Waals surface area contributed by atoms with Crippen LogP contribution < -0.4 is 0 Å². The highest BCUT2D eigenvalue weighted by atomic mass is 19.3. The Kier molecular flexibility index (Phi) is 0.829. The van der Waals surface area contributed by atoms with Crippen molar-refractivity contribution in [3.63, 3.8) is 0 Å². The lowest BCUT2D eigenvalue weighted by Crippen LogP contribution is -2.16. The van der Waals surface area contributed by atoms with Gasteiger partial charge in [0.2, 0.25) is 0 Å². The third-order valence-corrected chi connectivity index (χ3v) is 0.775. The number of aliphatic hydroxyl groups excluding tert-OH is 1. The molecule has 1 rings (SSSR count). The van der Waals surface area contributed by atoms with Gasteiger partial charge in [0.25, 0.3) is 0 Å². The molecule has 2 nitrogen and oxygen atoms in total. The van der Waals surface area contributed by atoms with Gasteiger partial charge in [0, 0.05) is 0 Å². The van der Waals surface area contributed by atoms with E-state index in [9.17, 15) is 8.78 Å². The number of aliphatic hydroxyl groups is 1. The molecule has 0 unspecified atom stereocenters. The summed E-state index contributed by atoms with van der Waals surface area (Å²) >= 11 is 0. The molecule has 0 bridgehead atoms. The highest BCUT2D eigenvalue weighted by Crippen LogP contribution is 2.23. The van der Waals surface area contributed by atoms with Crippen LogP contribution in [0.25, 0.3) is 0 Å². The van der Waals surface area contributed by atoms with Gasteiger partial charge in [-0.15, -0.1) is 0 Å². The number of hydrogen-bond donors (Lipinski definition) is 1. The number of alkyl halides is 2. The molecule has 0 aromatic heterocycles. The van der Waals surface area contributed by atoms with E-state index in [-0.39, 0.29) is 0 Å². The monoisotopic (exact) mass is 119 g/mol. The van der Waals surface area contributed by atoms with E-state index in [0.29, 0.717) is 6.21 Å². The van der Waals surface area contributed by atoms with Crippen LogP contribution in [0.4, 0.5) is 8.78 Å². The fourth-order valence-corrected chi connectivity index (χ4v) is 0.354. The zero-order valence-corrected chi connectivity index (χ0v) is 3.81. The van der Waals surface area contributed by atoms with E-state index < -0.39 is 11.7 Å². The molecule has 0 atom stereocenters. The standard InChI is InChI=1S/C4H3F2NO/c5-4(6)2-7-1-3(4)8/h1-2,8H. The second kappa shape index (κ2) is 1.27. The zero-order valence-electron chi connectivity index (χ0n) is 3.81. The molecule has 0 amide bonds. The van der Waals surface area contributed by atoms with Crippen LogP contribution in [0.5, 0.6) is 0 Å². The first-order chi connectivity index (χ1) is 3.63.